The molecule has 1 aliphatic rings. The normalized spacial score (nSPS) is 26.1. The van der Waals surface area contributed by atoms with Crippen molar-refractivity contribution in [2.75, 3.05) is 0 Å². The Hall–Kier alpha value is -1.09. The van der Waals surface area contributed by atoms with Crippen LogP contribution in [0.15, 0.2) is 24.3 Å². The van der Waals surface area contributed by atoms with Crippen molar-refractivity contribution < 1.29 is 14.2 Å². The van der Waals surface area contributed by atoms with Gasteiger partial charge < -0.3 is 9.84 Å². The second-order valence-electron chi connectivity index (χ2n) is 4.29. The van der Waals surface area contributed by atoms with Crippen molar-refractivity contribution in [3.63, 3.8) is 0 Å². The van der Waals surface area contributed by atoms with Crippen LogP contribution in [0, 0.1) is 5.82 Å². The summed E-state index contributed by atoms with van der Waals surface area (Å²) in [5, 5.41) is 9.85. The van der Waals surface area contributed by atoms with Gasteiger partial charge in [-0.05, 0) is 31.4 Å². The molecule has 16 heavy (non-hydrogen) atoms. The van der Waals surface area contributed by atoms with E-state index in [0.29, 0.717) is 0 Å². The number of aliphatic hydroxyl groups is 1. The number of hydrogen-bond donors (Lipinski definition) is 1. The van der Waals surface area contributed by atoms with Crippen LogP contribution in [0.25, 0.3) is 0 Å². The largest absolute Gasteiger partial charge is 0.485 e. The first kappa shape index (κ1) is 11.4. The summed E-state index contributed by atoms with van der Waals surface area (Å²) in [7, 11) is 0. The molecule has 1 aliphatic carbocycles. The van der Waals surface area contributed by atoms with Gasteiger partial charge in [-0.3, -0.25) is 0 Å². The van der Waals surface area contributed by atoms with E-state index >= 15 is 0 Å². The van der Waals surface area contributed by atoms with E-state index in [4.69, 9.17) is 4.74 Å². The zero-order valence-corrected chi connectivity index (χ0v) is 9.23. The second kappa shape index (κ2) is 5.30. The maximum Gasteiger partial charge on any atom is 0.165 e. The minimum Gasteiger partial charge on any atom is -0.485 e. The van der Waals surface area contributed by atoms with Crippen LogP contribution in [0.2, 0.25) is 0 Å². The maximum atomic E-state index is 13.4. The van der Waals surface area contributed by atoms with E-state index in [9.17, 15) is 9.50 Å². The number of aliphatic hydroxyl groups excluding tert-OH is 1. The molecule has 1 aromatic rings. The monoisotopic (exact) mass is 224 g/mol. The van der Waals surface area contributed by atoms with Crippen LogP contribution in [0.1, 0.15) is 32.1 Å². The molecule has 1 fully saturated rings. The summed E-state index contributed by atoms with van der Waals surface area (Å²) in [5.41, 5.74) is 0. The highest BCUT2D eigenvalue weighted by molar-refractivity contribution is 5.24. The van der Waals surface area contributed by atoms with Gasteiger partial charge in [-0.2, -0.15) is 0 Å². The van der Waals surface area contributed by atoms with E-state index in [2.05, 4.69) is 0 Å². The third-order valence-corrected chi connectivity index (χ3v) is 3.03. The van der Waals surface area contributed by atoms with Crippen molar-refractivity contribution in [3.8, 4) is 5.75 Å². The predicted molar refractivity (Wildman–Crippen MR) is 59.9 cm³/mol. The highest BCUT2D eigenvalue weighted by Gasteiger charge is 2.23. The molecule has 2 unspecified atom stereocenters. The van der Waals surface area contributed by atoms with Crippen LogP contribution in [-0.4, -0.2) is 17.3 Å². The molecule has 88 valence electrons. The lowest BCUT2D eigenvalue weighted by Gasteiger charge is -2.22. The van der Waals surface area contributed by atoms with E-state index < -0.39 is 6.10 Å². The van der Waals surface area contributed by atoms with E-state index in [1.165, 1.54) is 6.07 Å². The van der Waals surface area contributed by atoms with E-state index in [-0.39, 0.29) is 17.7 Å². The number of ether oxygens (including phenoxy) is 1. The average Bonchev–Trinajstić information content (AvgIpc) is 2.48. The molecular weight excluding hydrogens is 207 g/mol. The number of hydrogen-bond acceptors (Lipinski definition) is 2. The summed E-state index contributed by atoms with van der Waals surface area (Å²) in [5.74, 6) is -0.118. The molecule has 0 amide bonds. The Kier molecular flexibility index (Phi) is 3.78. The molecule has 0 radical (unpaired) electrons. The second-order valence-corrected chi connectivity index (χ2v) is 4.29. The SMILES string of the molecule is OC1CCCCCC1Oc1ccccc1F. The van der Waals surface area contributed by atoms with Crippen LogP contribution in [0.5, 0.6) is 5.75 Å². The van der Waals surface area contributed by atoms with Crippen LogP contribution in [0.3, 0.4) is 0 Å². The average molecular weight is 224 g/mol. The molecule has 1 aromatic carbocycles. The standard InChI is InChI=1S/C13H17FO2/c14-10-6-4-5-8-12(10)16-13-9-3-1-2-7-11(13)15/h4-6,8,11,13,15H,1-3,7,9H2. The van der Waals surface area contributed by atoms with Gasteiger partial charge in [0.2, 0.25) is 0 Å². The van der Waals surface area contributed by atoms with Crippen molar-refractivity contribution >= 4 is 0 Å². The fourth-order valence-corrected chi connectivity index (χ4v) is 2.09. The molecule has 0 bridgehead atoms. The number of rotatable bonds is 2. The Balaban J connectivity index is 2.05. The molecule has 3 heteroatoms. The summed E-state index contributed by atoms with van der Waals surface area (Å²) in [6.07, 6.45) is 4.00. The highest BCUT2D eigenvalue weighted by Crippen LogP contribution is 2.24. The van der Waals surface area contributed by atoms with Crippen molar-refractivity contribution in [2.45, 2.75) is 44.3 Å². The molecule has 2 nitrogen and oxygen atoms in total. The van der Waals surface area contributed by atoms with Crippen LogP contribution < -0.4 is 4.74 Å². The lowest BCUT2D eigenvalue weighted by Crippen LogP contribution is -2.30. The smallest absolute Gasteiger partial charge is 0.165 e. The number of para-hydroxylation sites is 1. The van der Waals surface area contributed by atoms with Crippen molar-refractivity contribution in [1.29, 1.82) is 0 Å². The minimum absolute atomic E-state index is 0.244. The quantitative estimate of drug-likeness (QED) is 0.783. The lowest BCUT2D eigenvalue weighted by atomic mass is 10.1. The third kappa shape index (κ3) is 2.73. The first-order valence-corrected chi connectivity index (χ1v) is 5.86. The van der Waals surface area contributed by atoms with Gasteiger partial charge in [0.05, 0.1) is 6.10 Å². The van der Waals surface area contributed by atoms with Crippen LogP contribution in [-0.2, 0) is 0 Å². The van der Waals surface area contributed by atoms with Gasteiger partial charge in [0, 0.05) is 0 Å². The van der Waals surface area contributed by atoms with Crippen molar-refractivity contribution in [1.82, 2.24) is 0 Å². The topological polar surface area (TPSA) is 29.5 Å². The summed E-state index contributed by atoms with van der Waals surface area (Å²) < 4.78 is 18.9. The molecule has 2 atom stereocenters. The Morgan fingerprint density at radius 2 is 1.88 bits per heavy atom. The van der Waals surface area contributed by atoms with Gasteiger partial charge in [-0.1, -0.05) is 25.0 Å². The Morgan fingerprint density at radius 1 is 1.12 bits per heavy atom. The van der Waals surface area contributed by atoms with Gasteiger partial charge in [-0.25, -0.2) is 4.39 Å². The van der Waals surface area contributed by atoms with E-state index in [1.54, 1.807) is 18.2 Å². The van der Waals surface area contributed by atoms with Crippen LogP contribution in [0.4, 0.5) is 4.39 Å². The molecule has 0 saturated heterocycles. The molecular formula is C13H17FO2. The summed E-state index contributed by atoms with van der Waals surface area (Å²) in [6.45, 7) is 0. The highest BCUT2D eigenvalue weighted by atomic mass is 19.1. The Bertz CT molecular complexity index is 340. The van der Waals surface area contributed by atoms with Gasteiger partial charge >= 0.3 is 0 Å². The van der Waals surface area contributed by atoms with Crippen molar-refractivity contribution in [2.24, 2.45) is 0 Å². The van der Waals surface area contributed by atoms with Crippen molar-refractivity contribution in [3.05, 3.63) is 30.1 Å². The van der Waals surface area contributed by atoms with E-state index in [1.807, 2.05) is 0 Å². The fourth-order valence-electron chi connectivity index (χ4n) is 2.09. The Labute approximate surface area is 95.1 Å². The maximum absolute atomic E-state index is 13.4. The first-order valence-electron chi connectivity index (χ1n) is 5.86. The lowest BCUT2D eigenvalue weighted by molar-refractivity contribution is 0.0298. The Morgan fingerprint density at radius 3 is 2.69 bits per heavy atom. The third-order valence-electron chi connectivity index (χ3n) is 3.03. The molecule has 2 rings (SSSR count). The van der Waals surface area contributed by atoms with E-state index in [0.717, 1.165) is 32.1 Å². The summed E-state index contributed by atoms with van der Waals surface area (Å²) in [6, 6.07) is 6.35. The predicted octanol–water partition coefficient (Wildman–Crippen LogP) is 2.90. The zero-order chi connectivity index (χ0) is 11.4. The van der Waals surface area contributed by atoms with Gasteiger partial charge in [-0.15, -0.1) is 0 Å². The summed E-state index contributed by atoms with van der Waals surface area (Å²) >= 11 is 0. The van der Waals surface area contributed by atoms with Crippen LogP contribution >= 0.6 is 0 Å². The summed E-state index contributed by atoms with van der Waals surface area (Å²) in [4.78, 5) is 0. The first-order chi connectivity index (χ1) is 7.77. The van der Waals surface area contributed by atoms with Gasteiger partial charge in [0.15, 0.2) is 11.6 Å². The molecule has 1 saturated carbocycles. The number of benzene rings is 1. The molecule has 1 N–H and O–H groups in total. The van der Waals surface area contributed by atoms with Gasteiger partial charge in [0.25, 0.3) is 0 Å². The van der Waals surface area contributed by atoms with Gasteiger partial charge in [0.1, 0.15) is 6.10 Å². The molecule has 0 aromatic heterocycles. The molecule has 0 aliphatic heterocycles. The molecule has 0 spiro atoms. The minimum atomic E-state index is -0.470. The number of halogens is 1. The zero-order valence-electron chi connectivity index (χ0n) is 9.23. The fraction of sp³-hybridized carbons (Fsp3) is 0.538. The molecule has 0 heterocycles.